The summed E-state index contributed by atoms with van der Waals surface area (Å²) >= 11 is 0. The third-order valence-corrected chi connectivity index (χ3v) is 2.31. The molecule has 0 saturated heterocycles. The van der Waals surface area contributed by atoms with Gasteiger partial charge in [0.1, 0.15) is 5.82 Å². The summed E-state index contributed by atoms with van der Waals surface area (Å²) < 4.78 is 1.57. The highest BCUT2D eigenvalue weighted by Crippen LogP contribution is 2.18. The number of aromatic nitrogens is 4. The molecule has 0 saturated carbocycles. The lowest BCUT2D eigenvalue weighted by Crippen LogP contribution is -2.02. The number of fused-ring (bicyclic) bond motifs is 3. The summed E-state index contributed by atoms with van der Waals surface area (Å²) in [6, 6.07) is 7.75. The number of aryl methyl sites for hydroxylation is 1. The standard InChI is InChI=1S/C10H9N5.C2H6/c1-6-12-9-7-4-2-3-5-8(7)13-10(11)15(9)14-6;1-2/h2-5H,1H3,(H2,11,13);1-2H3. The van der Waals surface area contributed by atoms with Crippen molar-refractivity contribution in [2.75, 3.05) is 5.73 Å². The molecule has 2 heterocycles. The quantitative estimate of drug-likeness (QED) is 0.641. The lowest BCUT2D eigenvalue weighted by atomic mass is 10.2. The van der Waals surface area contributed by atoms with Crippen LogP contribution in [-0.4, -0.2) is 19.6 Å². The van der Waals surface area contributed by atoms with Gasteiger partial charge in [0.25, 0.3) is 0 Å². The fourth-order valence-corrected chi connectivity index (χ4v) is 1.68. The zero-order valence-corrected chi connectivity index (χ0v) is 10.2. The van der Waals surface area contributed by atoms with E-state index in [9.17, 15) is 0 Å². The van der Waals surface area contributed by atoms with Gasteiger partial charge in [0.05, 0.1) is 5.52 Å². The maximum absolute atomic E-state index is 5.78. The van der Waals surface area contributed by atoms with Gasteiger partial charge in [-0.2, -0.15) is 4.52 Å². The van der Waals surface area contributed by atoms with Crippen molar-refractivity contribution in [3.05, 3.63) is 30.1 Å². The van der Waals surface area contributed by atoms with E-state index in [2.05, 4.69) is 15.1 Å². The Morgan fingerprint density at radius 2 is 1.82 bits per heavy atom. The molecule has 0 bridgehead atoms. The van der Waals surface area contributed by atoms with Gasteiger partial charge < -0.3 is 5.73 Å². The second kappa shape index (κ2) is 4.37. The third-order valence-electron chi connectivity index (χ3n) is 2.31. The van der Waals surface area contributed by atoms with Gasteiger partial charge in [-0.05, 0) is 19.1 Å². The van der Waals surface area contributed by atoms with Crippen molar-refractivity contribution in [2.24, 2.45) is 0 Å². The smallest absolute Gasteiger partial charge is 0.223 e. The Morgan fingerprint density at radius 3 is 2.59 bits per heavy atom. The van der Waals surface area contributed by atoms with Crippen LogP contribution in [0.4, 0.5) is 5.95 Å². The summed E-state index contributed by atoms with van der Waals surface area (Å²) in [7, 11) is 0. The fourth-order valence-electron chi connectivity index (χ4n) is 1.68. The summed E-state index contributed by atoms with van der Waals surface area (Å²) in [5.74, 6) is 1.06. The van der Waals surface area contributed by atoms with Gasteiger partial charge in [0.15, 0.2) is 5.65 Å². The predicted octanol–water partition coefficient (Wildman–Crippen LogP) is 2.19. The first-order valence-corrected chi connectivity index (χ1v) is 5.63. The van der Waals surface area contributed by atoms with E-state index >= 15 is 0 Å². The van der Waals surface area contributed by atoms with Crippen molar-refractivity contribution in [3.8, 4) is 0 Å². The number of nitrogens with zero attached hydrogens (tertiary/aromatic N) is 4. The number of benzene rings is 1. The molecular weight excluding hydrogens is 214 g/mol. The van der Waals surface area contributed by atoms with Crippen LogP contribution in [-0.2, 0) is 0 Å². The predicted molar refractivity (Wildman–Crippen MR) is 68.8 cm³/mol. The molecule has 0 amide bonds. The van der Waals surface area contributed by atoms with Gasteiger partial charge in [-0.25, -0.2) is 9.97 Å². The molecule has 1 aromatic carbocycles. The summed E-state index contributed by atoms with van der Waals surface area (Å²) in [4.78, 5) is 8.59. The number of para-hydroxylation sites is 1. The molecule has 5 heteroatoms. The Morgan fingerprint density at radius 1 is 1.12 bits per heavy atom. The third kappa shape index (κ3) is 1.80. The van der Waals surface area contributed by atoms with E-state index in [-0.39, 0.29) is 0 Å². The molecule has 0 aliphatic rings. The molecule has 0 unspecified atom stereocenters. The average molecular weight is 229 g/mol. The van der Waals surface area contributed by atoms with Crippen LogP contribution in [0.2, 0.25) is 0 Å². The summed E-state index contributed by atoms with van der Waals surface area (Å²) in [5, 5.41) is 5.15. The van der Waals surface area contributed by atoms with Crippen molar-refractivity contribution < 1.29 is 0 Å². The number of rotatable bonds is 0. The Labute approximate surface area is 99.3 Å². The molecule has 5 nitrogen and oxygen atoms in total. The molecule has 0 atom stereocenters. The maximum Gasteiger partial charge on any atom is 0.223 e. The van der Waals surface area contributed by atoms with Crippen molar-refractivity contribution in [3.63, 3.8) is 0 Å². The highest BCUT2D eigenvalue weighted by Gasteiger charge is 2.08. The summed E-state index contributed by atoms with van der Waals surface area (Å²) in [5.41, 5.74) is 7.39. The molecule has 17 heavy (non-hydrogen) atoms. The molecule has 0 fully saturated rings. The molecule has 0 aliphatic carbocycles. The van der Waals surface area contributed by atoms with Crippen LogP contribution in [0.25, 0.3) is 16.6 Å². The first kappa shape index (κ1) is 11.3. The van der Waals surface area contributed by atoms with Gasteiger partial charge >= 0.3 is 0 Å². The number of hydrogen-bond donors (Lipinski definition) is 1. The normalized spacial score (nSPS) is 10.3. The number of hydrogen-bond acceptors (Lipinski definition) is 4. The van der Waals surface area contributed by atoms with E-state index in [0.29, 0.717) is 11.8 Å². The van der Waals surface area contributed by atoms with Gasteiger partial charge in [0, 0.05) is 5.39 Å². The SMILES string of the molecule is CC.Cc1nc2c3ccccc3nc(N)n2n1. The Kier molecular flexibility index (Phi) is 2.91. The van der Waals surface area contributed by atoms with Crippen molar-refractivity contribution >= 4 is 22.5 Å². The van der Waals surface area contributed by atoms with Gasteiger partial charge in [-0.1, -0.05) is 26.0 Å². The largest absolute Gasteiger partial charge is 0.368 e. The van der Waals surface area contributed by atoms with E-state index in [4.69, 9.17) is 5.73 Å². The Bertz CT molecular complexity index is 656. The number of nitrogens with two attached hydrogens (primary N) is 1. The van der Waals surface area contributed by atoms with Crippen LogP contribution in [0.15, 0.2) is 24.3 Å². The van der Waals surface area contributed by atoms with Crippen molar-refractivity contribution in [2.45, 2.75) is 20.8 Å². The van der Waals surface area contributed by atoms with E-state index in [1.54, 1.807) is 4.52 Å². The van der Waals surface area contributed by atoms with Gasteiger partial charge in [-0.15, -0.1) is 5.10 Å². The van der Waals surface area contributed by atoms with Crippen LogP contribution in [0.1, 0.15) is 19.7 Å². The second-order valence-electron chi connectivity index (χ2n) is 3.38. The molecular formula is C12H15N5. The van der Waals surface area contributed by atoms with Crippen LogP contribution >= 0.6 is 0 Å². The lowest BCUT2D eigenvalue weighted by Gasteiger charge is -2.00. The molecule has 0 aliphatic heterocycles. The van der Waals surface area contributed by atoms with Crippen LogP contribution in [0.5, 0.6) is 0 Å². The highest BCUT2D eigenvalue weighted by atomic mass is 15.3. The Hall–Kier alpha value is -2.17. The highest BCUT2D eigenvalue weighted by molar-refractivity contribution is 5.91. The number of nitrogen functional groups attached to an aromatic ring is 1. The molecule has 88 valence electrons. The van der Waals surface area contributed by atoms with E-state index in [1.807, 2.05) is 45.0 Å². The Balaban J connectivity index is 0.000000514. The maximum atomic E-state index is 5.78. The minimum atomic E-state index is 0.365. The molecule has 3 aromatic rings. The zero-order chi connectivity index (χ0) is 12.4. The average Bonchev–Trinajstić information content (AvgIpc) is 2.75. The van der Waals surface area contributed by atoms with E-state index < -0.39 is 0 Å². The molecule has 2 aromatic heterocycles. The van der Waals surface area contributed by atoms with Crippen LogP contribution < -0.4 is 5.73 Å². The zero-order valence-electron chi connectivity index (χ0n) is 10.2. The van der Waals surface area contributed by atoms with Gasteiger partial charge in [0.2, 0.25) is 5.95 Å². The molecule has 0 radical (unpaired) electrons. The van der Waals surface area contributed by atoms with Crippen LogP contribution in [0.3, 0.4) is 0 Å². The van der Waals surface area contributed by atoms with Crippen molar-refractivity contribution in [1.29, 1.82) is 0 Å². The number of anilines is 1. The minimum absolute atomic E-state index is 0.365. The monoisotopic (exact) mass is 229 g/mol. The van der Waals surface area contributed by atoms with Crippen LogP contribution in [0, 0.1) is 6.92 Å². The fraction of sp³-hybridized carbons (Fsp3) is 0.250. The second-order valence-corrected chi connectivity index (χ2v) is 3.38. The molecule has 2 N–H and O–H groups in total. The summed E-state index contributed by atoms with van der Waals surface area (Å²) in [6.07, 6.45) is 0. The first-order chi connectivity index (χ1) is 8.25. The summed E-state index contributed by atoms with van der Waals surface area (Å²) in [6.45, 7) is 5.83. The van der Waals surface area contributed by atoms with E-state index in [1.165, 1.54) is 0 Å². The topological polar surface area (TPSA) is 69.1 Å². The lowest BCUT2D eigenvalue weighted by molar-refractivity contribution is 0.923. The first-order valence-electron chi connectivity index (χ1n) is 5.63. The minimum Gasteiger partial charge on any atom is -0.368 e. The molecule has 3 rings (SSSR count). The van der Waals surface area contributed by atoms with E-state index in [0.717, 1.165) is 16.6 Å². The molecule has 0 spiro atoms. The van der Waals surface area contributed by atoms with Gasteiger partial charge in [-0.3, -0.25) is 0 Å². The van der Waals surface area contributed by atoms with Crippen molar-refractivity contribution in [1.82, 2.24) is 19.6 Å².